The van der Waals surface area contributed by atoms with E-state index in [1.807, 2.05) is 48.5 Å². The first-order chi connectivity index (χ1) is 12.1. The maximum absolute atomic E-state index is 12.5. The molecule has 0 aromatic heterocycles. The van der Waals surface area contributed by atoms with Gasteiger partial charge in [0.05, 0.1) is 13.5 Å². The van der Waals surface area contributed by atoms with Crippen LogP contribution < -0.4 is 10.1 Å². The van der Waals surface area contributed by atoms with E-state index < -0.39 is 0 Å². The first-order valence-electron chi connectivity index (χ1n) is 8.53. The van der Waals surface area contributed by atoms with E-state index in [0.29, 0.717) is 12.3 Å². The highest BCUT2D eigenvalue weighted by atomic mass is 16.5. The smallest absolute Gasteiger partial charge is 0.228 e. The molecule has 3 aromatic carbocycles. The molecule has 0 spiro atoms. The highest BCUT2D eigenvalue weighted by Crippen LogP contribution is 2.31. The largest absolute Gasteiger partial charge is 0.496 e. The molecule has 0 fully saturated rings. The van der Waals surface area contributed by atoms with Crippen LogP contribution in [0.15, 0.2) is 60.7 Å². The maximum atomic E-state index is 12.5. The van der Waals surface area contributed by atoms with Crippen LogP contribution in [0.1, 0.15) is 30.9 Å². The van der Waals surface area contributed by atoms with Gasteiger partial charge in [0.15, 0.2) is 0 Å². The molecule has 0 aliphatic carbocycles. The summed E-state index contributed by atoms with van der Waals surface area (Å²) < 4.78 is 5.40. The summed E-state index contributed by atoms with van der Waals surface area (Å²) >= 11 is 0. The quantitative estimate of drug-likeness (QED) is 0.701. The highest BCUT2D eigenvalue weighted by molar-refractivity contribution is 6.04. The molecule has 0 atom stereocenters. The maximum Gasteiger partial charge on any atom is 0.228 e. The van der Waals surface area contributed by atoms with Crippen LogP contribution in [-0.4, -0.2) is 13.0 Å². The molecule has 25 heavy (non-hydrogen) atoms. The minimum atomic E-state index is -0.0207. The summed E-state index contributed by atoms with van der Waals surface area (Å²) in [6.45, 7) is 4.33. The zero-order valence-corrected chi connectivity index (χ0v) is 14.9. The second kappa shape index (κ2) is 7.39. The van der Waals surface area contributed by atoms with Gasteiger partial charge in [-0.05, 0) is 29.2 Å². The van der Waals surface area contributed by atoms with Gasteiger partial charge in [-0.1, -0.05) is 62.4 Å². The highest BCUT2D eigenvalue weighted by Gasteiger charge is 2.10. The van der Waals surface area contributed by atoms with Crippen molar-refractivity contribution in [2.24, 2.45) is 0 Å². The molecule has 0 unspecified atom stereocenters. The van der Waals surface area contributed by atoms with E-state index in [-0.39, 0.29) is 5.91 Å². The van der Waals surface area contributed by atoms with Gasteiger partial charge in [-0.2, -0.15) is 0 Å². The molecule has 0 aliphatic heterocycles. The zero-order valence-electron chi connectivity index (χ0n) is 14.9. The Morgan fingerprint density at radius 3 is 2.28 bits per heavy atom. The van der Waals surface area contributed by atoms with E-state index in [9.17, 15) is 4.79 Å². The Kier molecular flexibility index (Phi) is 5.03. The molecule has 0 heterocycles. The lowest BCUT2D eigenvalue weighted by atomic mass is 10.0. The third-order valence-electron chi connectivity index (χ3n) is 4.39. The Balaban J connectivity index is 1.78. The number of anilines is 1. The fourth-order valence-electron chi connectivity index (χ4n) is 2.96. The summed E-state index contributed by atoms with van der Waals surface area (Å²) in [6.07, 6.45) is 0.360. The van der Waals surface area contributed by atoms with Crippen LogP contribution in [0.3, 0.4) is 0 Å². The topological polar surface area (TPSA) is 38.3 Å². The number of hydrogen-bond donors (Lipinski definition) is 1. The average molecular weight is 333 g/mol. The lowest BCUT2D eigenvalue weighted by Gasteiger charge is -2.12. The van der Waals surface area contributed by atoms with Crippen LogP contribution in [0.5, 0.6) is 5.75 Å². The van der Waals surface area contributed by atoms with Crippen molar-refractivity contribution in [1.82, 2.24) is 0 Å². The zero-order chi connectivity index (χ0) is 17.8. The van der Waals surface area contributed by atoms with Gasteiger partial charge in [-0.3, -0.25) is 4.79 Å². The predicted octanol–water partition coefficient (Wildman–Crippen LogP) is 5.15. The summed E-state index contributed by atoms with van der Waals surface area (Å²) in [5, 5.41) is 4.99. The molecule has 0 radical (unpaired) electrons. The Bertz CT molecular complexity index is 882. The fraction of sp³-hybridized carbons (Fsp3) is 0.227. The van der Waals surface area contributed by atoms with Gasteiger partial charge in [0.1, 0.15) is 5.75 Å². The van der Waals surface area contributed by atoms with Crippen molar-refractivity contribution >= 4 is 22.4 Å². The second-order valence-electron chi connectivity index (χ2n) is 6.48. The van der Waals surface area contributed by atoms with Gasteiger partial charge < -0.3 is 10.1 Å². The normalized spacial score (nSPS) is 10.9. The van der Waals surface area contributed by atoms with Crippen molar-refractivity contribution in [3.63, 3.8) is 0 Å². The summed E-state index contributed by atoms with van der Waals surface area (Å²) in [5.74, 6) is 1.28. The van der Waals surface area contributed by atoms with Gasteiger partial charge in [-0.15, -0.1) is 0 Å². The first-order valence-corrected chi connectivity index (χ1v) is 8.53. The van der Waals surface area contributed by atoms with E-state index in [2.05, 4.69) is 31.3 Å². The van der Waals surface area contributed by atoms with Crippen molar-refractivity contribution < 1.29 is 9.53 Å². The Morgan fingerprint density at radius 1 is 0.960 bits per heavy atom. The van der Waals surface area contributed by atoms with Crippen LogP contribution in [0.2, 0.25) is 0 Å². The molecule has 3 nitrogen and oxygen atoms in total. The van der Waals surface area contributed by atoms with Gasteiger partial charge in [0, 0.05) is 16.5 Å². The molecule has 0 bridgehead atoms. The molecular weight excluding hydrogens is 310 g/mol. The number of amides is 1. The summed E-state index contributed by atoms with van der Waals surface area (Å²) in [5.41, 5.74) is 3.10. The van der Waals surface area contributed by atoms with Gasteiger partial charge in [0.2, 0.25) is 5.91 Å². The number of benzene rings is 3. The van der Waals surface area contributed by atoms with Crippen LogP contribution in [0, 0.1) is 0 Å². The summed E-state index contributed by atoms with van der Waals surface area (Å²) in [4.78, 5) is 12.5. The number of rotatable bonds is 5. The first kappa shape index (κ1) is 17.0. The minimum Gasteiger partial charge on any atom is -0.496 e. The van der Waals surface area contributed by atoms with E-state index in [4.69, 9.17) is 4.74 Å². The second-order valence-corrected chi connectivity index (χ2v) is 6.48. The van der Waals surface area contributed by atoms with Crippen molar-refractivity contribution in [2.75, 3.05) is 12.4 Å². The number of fused-ring (bicyclic) bond motifs is 1. The van der Waals surface area contributed by atoms with Crippen molar-refractivity contribution in [3.8, 4) is 5.75 Å². The molecule has 1 N–H and O–H groups in total. The number of nitrogens with one attached hydrogen (secondary N) is 1. The standard InChI is InChI=1S/C22H23NO2/c1-15(2)17-10-8-16(9-11-17)14-22(24)23-20-12-13-21(25-3)19-7-5-4-6-18(19)20/h4-13,15H,14H2,1-3H3,(H,23,24). The Morgan fingerprint density at radius 2 is 1.64 bits per heavy atom. The van der Waals surface area contributed by atoms with E-state index >= 15 is 0 Å². The molecule has 3 heteroatoms. The van der Waals surface area contributed by atoms with Crippen LogP contribution in [0.4, 0.5) is 5.69 Å². The SMILES string of the molecule is COc1ccc(NC(=O)Cc2ccc(C(C)C)cc2)c2ccccc12. The van der Waals surface area contributed by atoms with Crippen molar-refractivity contribution in [3.05, 3.63) is 71.8 Å². The van der Waals surface area contributed by atoms with Crippen molar-refractivity contribution in [1.29, 1.82) is 0 Å². The Hall–Kier alpha value is -2.81. The molecule has 1 amide bonds. The number of methoxy groups -OCH3 is 1. The molecule has 0 saturated carbocycles. The number of carbonyl (C=O) groups is 1. The minimum absolute atomic E-state index is 0.0207. The van der Waals surface area contributed by atoms with Gasteiger partial charge >= 0.3 is 0 Å². The van der Waals surface area contributed by atoms with Crippen LogP contribution in [0.25, 0.3) is 10.8 Å². The van der Waals surface area contributed by atoms with E-state index in [1.165, 1.54) is 5.56 Å². The number of ether oxygens (including phenoxy) is 1. The summed E-state index contributed by atoms with van der Waals surface area (Å²) in [7, 11) is 1.65. The lowest BCUT2D eigenvalue weighted by Crippen LogP contribution is -2.14. The molecule has 0 aliphatic rings. The third kappa shape index (κ3) is 3.82. The lowest BCUT2D eigenvalue weighted by molar-refractivity contribution is -0.115. The molecule has 128 valence electrons. The van der Waals surface area contributed by atoms with Crippen LogP contribution >= 0.6 is 0 Å². The summed E-state index contributed by atoms with van der Waals surface area (Å²) in [6, 6.07) is 19.9. The van der Waals surface area contributed by atoms with Crippen LogP contribution in [-0.2, 0) is 11.2 Å². The van der Waals surface area contributed by atoms with Crippen molar-refractivity contribution in [2.45, 2.75) is 26.2 Å². The predicted molar refractivity (Wildman–Crippen MR) is 103 cm³/mol. The molecule has 3 aromatic rings. The van der Waals surface area contributed by atoms with E-state index in [1.54, 1.807) is 7.11 Å². The molecule has 3 rings (SSSR count). The molecular formula is C22H23NO2. The monoisotopic (exact) mass is 333 g/mol. The Labute approximate surface area is 148 Å². The van der Waals surface area contributed by atoms with Gasteiger partial charge in [-0.25, -0.2) is 0 Å². The van der Waals surface area contributed by atoms with Gasteiger partial charge in [0.25, 0.3) is 0 Å². The average Bonchev–Trinajstić information content (AvgIpc) is 2.62. The molecule has 0 saturated heterocycles. The fourth-order valence-corrected chi connectivity index (χ4v) is 2.96. The number of carbonyl (C=O) groups excluding carboxylic acids is 1. The number of hydrogen-bond acceptors (Lipinski definition) is 2. The van der Waals surface area contributed by atoms with E-state index in [0.717, 1.165) is 27.8 Å². The third-order valence-corrected chi connectivity index (χ3v) is 4.39.